The fourth-order valence-electron chi connectivity index (χ4n) is 0.960. The van der Waals surface area contributed by atoms with Crippen molar-refractivity contribution in [3.63, 3.8) is 0 Å². The minimum absolute atomic E-state index is 0.0777. The number of hydrogen-bond donors (Lipinski definition) is 1. The molecule has 0 aromatic carbocycles. The molecule has 3 nitrogen and oxygen atoms in total. The van der Waals surface area contributed by atoms with E-state index in [0.717, 1.165) is 6.42 Å². The quantitative estimate of drug-likeness (QED) is 0.644. The van der Waals surface area contributed by atoms with Crippen LogP contribution in [0.4, 0.5) is 0 Å². The summed E-state index contributed by atoms with van der Waals surface area (Å²) < 4.78 is 4.98. The van der Waals surface area contributed by atoms with Crippen molar-refractivity contribution in [3.05, 3.63) is 23.8 Å². The van der Waals surface area contributed by atoms with Crippen LogP contribution in [0.15, 0.2) is 23.8 Å². The largest absolute Gasteiger partial charge is 0.478 e. The Kier molecular flexibility index (Phi) is 2.44. The fourth-order valence-corrected chi connectivity index (χ4v) is 0.960. The lowest BCUT2D eigenvalue weighted by molar-refractivity contribution is -0.132. The van der Waals surface area contributed by atoms with Gasteiger partial charge < -0.3 is 9.84 Å². The summed E-state index contributed by atoms with van der Waals surface area (Å²) in [6, 6.07) is 0. The summed E-state index contributed by atoms with van der Waals surface area (Å²) in [7, 11) is 1.57. The van der Waals surface area contributed by atoms with E-state index in [1.807, 2.05) is 0 Å². The summed E-state index contributed by atoms with van der Waals surface area (Å²) in [6.45, 7) is 0. The monoisotopic (exact) mass is 154 g/mol. The third-order valence-corrected chi connectivity index (χ3v) is 1.58. The lowest BCUT2D eigenvalue weighted by Crippen LogP contribution is -2.12. The van der Waals surface area contributed by atoms with E-state index in [4.69, 9.17) is 9.84 Å². The van der Waals surface area contributed by atoms with Gasteiger partial charge in [0.2, 0.25) is 0 Å². The Morgan fingerprint density at radius 3 is 3.09 bits per heavy atom. The number of rotatable bonds is 2. The van der Waals surface area contributed by atoms with E-state index in [1.165, 1.54) is 0 Å². The highest BCUT2D eigenvalue weighted by Gasteiger charge is 2.11. The van der Waals surface area contributed by atoms with E-state index in [0.29, 0.717) is 5.57 Å². The first-order chi connectivity index (χ1) is 5.24. The SMILES string of the molecule is COC1C=C(C(=O)O)C=CC1. The van der Waals surface area contributed by atoms with E-state index >= 15 is 0 Å². The summed E-state index contributed by atoms with van der Waals surface area (Å²) in [5.41, 5.74) is 0.308. The minimum Gasteiger partial charge on any atom is -0.478 e. The summed E-state index contributed by atoms with van der Waals surface area (Å²) in [4.78, 5) is 10.4. The third kappa shape index (κ3) is 1.91. The van der Waals surface area contributed by atoms with Crippen molar-refractivity contribution in [2.45, 2.75) is 12.5 Å². The topological polar surface area (TPSA) is 46.5 Å². The average molecular weight is 154 g/mol. The molecule has 0 heterocycles. The standard InChI is InChI=1S/C8H10O3/c1-11-7-4-2-3-6(5-7)8(9)10/h2-3,5,7H,4H2,1H3,(H,9,10). The molecule has 0 saturated carbocycles. The minimum atomic E-state index is -0.900. The van der Waals surface area contributed by atoms with Crippen LogP contribution in [0.25, 0.3) is 0 Å². The third-order valence-electron chi connectivity index (χ3n) is 1.58. The van der Waals surface area contributed by atoms with Crippen LogP contribution in [0.2, 0.25) is 0 Å². The smallest absolute Gasteiger partial charge is 0.335 e. The zero-order chi connectivity index (χ0) is 8.27. The van der Waals surface area contributed by atoms with Gasteiger partial charge >= 0.3 is 5.97 Å². The van der Waals surface area contributed by atoms with Gasteiger partial charge in [0.25, 0.3) is 0 Å². The molecule has 0 aromatic heterocycles. The van der Waals surface area contributed by atoms with Crippen LogP contribution in [0.5, 0.6) is 0 Å². The van der Waals surface area contributed by atoms with E-state index in [2.05, 4.69) is 0 Å². The zero-order valence-corrected chi connectivity index (χ0v) is 6.28. The van der Waals surface area contributed by atoms with Gasteiger partial charge in [-0.2, -0.15) is 0 Å². The molecule has 0 saturated heterocycles. The van der Waals surface area contributed by atoms with Crippen LogP contribution in [0.1, 0.15) is 6.42 Å². The van der Waals surface area contributed by atoms with Crippen molar-refractivity contribution in [2.24, 2.45) is 0 Å². The molecule has 1 aliphatic carbocycles. The Morgan fingerprint density at radius 1 is 1.82 bits per heavy atom. The second-order valence-corrected chi connectivity index (χ2v) is 2.34. The maximum absolute atomic E-state index is 10.4. The Labute approximate surface area is 65.0 Å². The zero-order valence-electron chi connectivity index (χ0n) is 6.28. The van der Waals surface area contributed by atoms with Gasteiger partial charge in [-0.05, 0) is 12.5 Å². The summed E-state index contributed by atoms with van der Waals surface area (Å²) in [5.74, 6) is -0.900. The number of aliphatic carboxylic acids is 1. The Morgan fingerprint density at radius 2 is 2.55 bits per heavy atom. The maximum atomic E-state index is 10.4. The van der Waals surface area contributed by atoms with Crippen LogP contribution in [-0.2, 0) is 9.53 Å². The molecule has 0 aromatic rings. The van der Waals surface area contributed by atoms with E-state index < -0.39 is 5.97 Å². The van der Waals surface area contributed by atoms with Gasteiger partial charge in [-0.1, -0.05) is 12.2 Å². The van der Waals surface area contributed by atoms with Crippen molar-refractivity contribution in [1.82, 2.24) is 0 Å². The molecule has 60 valence electrons. The molecule has 0 fully saturated rings. The van der Waals surface area contributed by atoms with Crippen molar-refractivity contribution in [1.29, 1.82) is 0 Å². The van der Waals surface area contributed by atoms with Gasteiger partial charge in [0, 0.05) is 7.11 Å². The van der Waals surface area contributed by atoms with E-state index in [1.54, 1.807) is 25.3 Å². The molecular weight excluding hydrogens is 144 g/mol. The number of carbonyl (C=O) groups is 1. The van der Waals surface area contributed by atoms with Crippen molar-refractivity contribution < 1.29 is 14.6 Å². The highest BCUT2D eigenvalue weighted by atomic mass is 16.5. The van der Waals surface area contributed by atoms with Crippen molar-refractivity contribution in [2.75, 3.05) is 7.11 Å². The fraction of sp³-hybridized carbons (Fsp3) is 0.375. The molecule has 1 N–H and O–H groups in total. The lowest BCUT2D eigenvalue weighted by atomic mass is 10.1. The summed E-state index contributed by atoms with van der Waals surface area (Å²) >= 11 is 0. The molecular formula is C8H10O3. The number of carboxylic acids is 1. The van der Waals surface area contributed by atoms with Crippen LogP contribution in [0.3, 0.4) is 0 Å². The Balaban J connectivity index is 2.71. The van der Waals surface area contributed by atoms with Crippen LogP contribution >= 0.6 is 0 Å². The first-order valence-electron chi connectivity index (χ1n) is 3.38. The summed E-state index contributed by atoms with van der Waals surface area (Å²) in [6.07, 6.45) is 5.69. The number of hydrogen-bond acceptors (Lipinski definition) is 2. The van der Waals surface area contributed by atoms with Crippen LogP contribution in [-0.4, -0.2) is 24.3 Å². The molecule has 0 bridgehead atoms. The van der Waals surface area contributed by atoms with E-state index in [9.17, 15) is 4.79 Å². The molecule has 1 unspecified atom stereocenters. The van der Waals surface area contributed by atoms with Crippen LogP contribution < -0.4 is 0 Å². The normalized spacial score (nSPS) is 23.0. The first-order valence-corrected chi connectivity index (χ1v) is 3.38. The van der Waals surface area contributed by atoms with Gasteiger partial charge in [-0.15, -0.1) is 0 Å². The molecule has 11 heavy (non-hydrogen) atoms. The molecule has 3 heteroatoms. The highest BCUT2D eigenvalue weighted by Crippen LogP contribution is 2.12. The molecule has 0 spiro atoms. The number of carboxylic acid groups (broad SMARTS) is 1. The second-order valence-electron chi connectivity index (χ2n) is 2.34. The highest BCUT2D eigenvalue weighted by molar-refractivity contribution is 5.90. The Hall–Kier alpha value is -1.09. The van der Waals surface area contributed by atoms with Gasteiger partial charge in [0.1, 0.15) is 0 Å². The first kappa shape index (κ1) is 8.01. The molecule has 0 aliphatic heterocycles. The number of methoxy groups -OCH3 is 1. The Bertz CT molecular complexity index is 215. The van der Waals surface area contributed by atoms with Gasteiger partial charge in [0.05, 0.1) is 11.7 Å². The van der Waals surface area contributed by atoms with E-state index in [-0.39, 0.29) is 6.10 Å². The van der Waals surface area contributed by atoms with Gasteiger partial charge in [0.15, 0.2) is 0 Å². The lowest BCUT2D eigenvalue weighted by Gasteiger charge is -2.12. The molecule has 1 atom stereocenters. The molecule has 0 amide bonds. The molecule has 0 radical (unpaired) electrons. The van der Waals surface area contributed by atoms with Crippen molar-refractivity contribution >= 4 is 5.97 Å². The average Bonchev–Trinajstić information content (AvgIpc) is 2.05. The predicted molar refractivity (Wildman–Crippen MR) is 40.3 cm³/mol. The molecule has 1 aliphatic rings. The predicted octanol–water partition coefficient (Wildman–Crippen LogP) is 0.972. The molecule has 1 rings (SSSR count). The van der Waals surface area contributed by atoms with Crippen LogP contribution in [0, 0.1) is 0 Å². The van der Waals surface area contributed by atoms with Gasteiger partial charge in [-0.25, -0.2) is 4.79 Å². The second kappa shape index (κ2) is 3.34. The van der Waals surface area contributed by atoms with Gasteiger partial charge in [-0.3, -0.25) is 0 Å². The summed E-state index contributed by atoms with van der Waals surface area (Å²) in [5, 5.41) is 8.58. The van der Waals surface area contributed by atoms with Crippen molar-refractivity contribution in [3.8, 4) is 0 Å². The maximum Gasteiger partial charge on any atom is 0.335 e. The number of ether oxygens (including phenoxy) is 1.